The number of nitrogens with one attached hydrogen (secondary N) is 2. The Morgan fingerprint density at radius 1 is 0.500 bits per heavy atom. The van der Waals surface area contributed by atoms with E-state index in [0.717, 1.165) is 56.9 Å². The summed E-state index contributed by atoms with van der Waals surface area (Å²) in [6.07, 6.45) is 3.37. The van der Waals surface area contributed by atoms with Crippen LogP contribution in [0.3, 0.4) is 0 Å². The van der Waals surface area contributed by atoms with Crippen LogP contribution in [0.2, 0.25) is 0 Å². The SMILES string of the molecule is Cc1ccc(/C=C(/SC(S/C(=C/c2ccc(C)cc2)C(=O)c2ccc(C)cc2)=C2C(=O)NC(=O)NC2=O)C(=O)c2ccc(C)cc2)cc1. The van der Waals surface area contributed by atoms with Crippen LogP contribution in [-0.4, -0.2) is 29.4 Å². The number of rotatable bonds is 10. The van der Waals surface area contributed by atoms with Gasteiger partial charge in [0.05, 0.1) is 14.0 Å². The molecule has 9 heteroatoms. The summed E-state index contributed by atoms with van der Waals surface area (Å²) < 4.78 is 0.0511. The van der Waals surface area contributed by atoms with Crippen LogP contribution in [0.5, 0.6) is 0 Å². The number of carbonyl (C=O) groups is 5. The summed E-state index contributed by atoms with van der Waals surface area (Å²) in [5.74, 6) is -2.57. The lowest BCUT2D eigenvalue weighted by Crippen LogP contribution is -2.51. The second kappa shape index (κ2) is 15.1. The van der Waals surface area contributed by atoms with Crippen molar-refractivity contribution < 1.29 is 24.0 Å². The zero-order valence-corrected chi connectivity index (χ0v) is 28.4. The Labute approximate surface area is 287 Å². The van der Waals surface area contributed by atoms with E-state index in [1.807, 2.05) is 100 Å². The van der Waals surface area contributed by atoms with Gasteiger partial charge < -0.3 is 0 Å². The largest absolute Gasteiger partial charge is 0.328 e. The van der Waals surface area contributed by atoms with Crippen molar-refractivity contribution in [3.8, 4) is 0 Å². The third kappa shape index (κ3) is 8.56. The van der Waals surface area contributed by atoms with Gasteiger partial charge in [-0.2, -0.15) is 0 Å². The Hall–Kier alpha value is -5.25. The first-order chi connectivity index (χ1) is 23.0. The summed E-state index contributed by atoms with van der Waals surface area (Å²) >= 11 is 1.79. The van der Waals surface area contributed by atoms with E-state index in [9.17, 15) is 24.0 Å². The van der Waals surface area contributed by atoms with Crippen LogP contribution in [0.4, 0.5) is 4.79 Å². The molecule has 1 saturated heterocycles. The predicted octanol–water partition coefficient (Wildman–Crippen LogP) is 8.11. The molecule has 0 spiro atoms. The highest BCUT2D eigenvalue weighted by Gasteiger charge is 2.34. The number of urea groups is 1. The minimum atomic E-state index is -0.958. The first-order valence-electron chi connectivity index (χ1n) is 15.0. The molecule has 0 unspecified atom stereocenters. The number of ketones is 2. The molecular formula is C39H32N2O5S2. The summed E-state index contributed by atoms with van der Waals surface area (Å²) in [5.41, 5.74) is 5.87. The van der Waals surface area contributed by atoms with Crippen LogP contribution in [0.1, 0.15) is 54.1 Å². The van der Waals surface area contributed by atoms with Crippen LogP contribution in [0, 0.1) is 27.7 Å². The zero-order valence-electron chi connectivity index (χ0n) is 26.8. The molecule has 0 aromatic heterocycles. The maximum Gasteiger partial charge on any atom is 0.328 e. The minimum absolute atomic E-state index is 0.0511. The highest BCUT2D eigenvalue weighted by atomic mass is 32.2. The highest BCUT2D eigenvalue weighted by Crippen LogP contribution is 2.44. The number of amides is 4. The summed E-state index contributed by atoms with van der Waals surface area (Å²) in [6, 6.07) is 28.3. The Balaban J connectivity index is 1.68. The van der Waals surface area contributed by atoms with Gasteiger partial charge in [0.2, 0.25) is 0 Å². The van der Waals surface area contributed by atoms with Gasteiger partial charge in [0.15, 0.2) is 11.6 Å². The molecule has 240 valence electrons. The predicted molar refractivity (Wildman–Crippen MR) is 193 cm³/mol. The average molecular weight is 673 g/mol. The van der Waals surface area contributed by atoms with Gasteiger partial charge in [0, 0.05) is 11.1 Å². The summed E-state index contributed by atoms with van der Waals surface area (Å²) in [4.78, 5) is 67.2. The van der Waals surface area contributed by atoms with E-state index < -0.39 is 17.8 Å². The fraction of sp³-hybridized carbons (Fsp3) is 0.103. The summed E-state index contributed by atoms with van der Waals surface area (Å²) in [7, 11) is 0. The van der Waals surface area contributed by atoms with Crippen molar-refractivity contribution in [1.82, 2.24) is 10.6 Å². The topological polar surface area (TPSA) is 109 Å². The third-order valence-corrected chi connectivity index (χ3v) is 9.67. The molecule has 5 rings (SSSR count). The zero-order chi connectivity index (χ0) is 34.4. The maximum atomic E-state index is 14.1. The maximum absolute atomic E-state index is 14.1. The van der Waals surface area contributed by atoms with Crippen LogP contribution in [0.25, 0.3) is 12.2 Å². The number of barbiturate groups is 1. The molecule has 0 saturated carbocycles. The molecule has 0 bridgehead atoms. The Kier molecular flexibility index (Phi) is 10.7. The average Bonchev–Trinajstić information content (AvgIpc) is 3.05. The van der Waals surface area contributed by atoms with Gasteiger partial charge in [-0.05, 0) is 51.0 Å². The molecule has 4 amide bonds. The van der Waals surface area contributed by atoms with Crippen molar-refractivity contribution in [2.24, 2.45) is 0 Å². The van der Waals surface area contributed by atoms with Crippen molar-refractivity contribution >= 4 is 65.1 Å². The number of aryl methyl sites for hydroxylation is 4. The summed E-state index contributed by atoms with van der Waals surface area (Å²) in [5, 5.41) is 4.26. The number of benzene rings is 4. The van der Waals surface area contributed by atoms with Crippen LogP contribution in [-0.2, 0) is 9.59 Å². The van der Waals surface area contributed by atoms with Crippen molar-refractivity contribution in [3.63, 3.8) is 0 Å². The smallest absolute Gasteiger partial charge is 0.288 e. The summed E-state index contributed by atoms with van der Waals surface area (Å²) in [6.45, 7) is 7.74. The Bertz CT molecular complexity index is 1860. The third-order valence-electron chi connectivity index (χ3n) is 7.34. The second-order valence-corrected chi connectivity index (χ2v) is 13.7. The molecule has 7 nitrogen and oxygen atoms in total. The molecule has 1 aliphatic heterocycles. The molecule has 2 N–H and O–H groups in total. The molecule has 1 heterocycles. The lowest BCUT2D eigenvalue weighted by atomic mass is 10.1. The normalized spacial score (nSPS) is 13.6. The van der Waals surface area contributed by atoms with Gasteiger partial charge in [-0.3, -0.25) is 29.8 Å². The molecule has 1 aliphatic rings. The van der Waals surface area contributed by atoms with Gasteiger partial charge in [0.1, 0.15) is 5.57 Å². The van der Waals surface area contributed by atoms with E-state index in [-0.39, 0.29) is 31.2 Å². The minimum Gasteiger partial charge on any atom is -0.288 e. The lowest BCUT2D eigenvalue weighted by molar-refractivity contribution is -0.124. The molecular weight excluding hydrogens is 641 g/mol. The second-order valence-electron chi connectivity index (χ2n) is 11.3. The van der Waals surface area contributed by atoms with E-state index in [0.29, 0.717) is 11.1 Å². The fourth-order valence-electron chi connectivity index (χ4n) is 4.58. The molecule has 0 atom stereocenters. The number of hydrogen-bond donors (Lipinski definition) is 2. The number of carbonyl (C=O) groups excluding carboxylic acids is 5. The molecule has 4 aromatic rings. The fourth-order valence-corrected chi connectivity index (χ4v) is 7.07. The van der Waals surface area contributed by atoms with Gasteiger partial charge in [0.25, 0.3) is 11.8 Å². The van der Waals surface area contributed by atoms with Crippen molar-refractivity contribution in [2.75, 3.05) is 0 Å². The van der Waals surface area contributed by atoms with Crippen molar-refractivity contribution in [3.05, 3.63) is 161 Å². The number of imide groups is 2. The Morgan fingerprint density at radius 3 is 1.15 bits per heavy atom. The quantitative estimate of drug-likeness (QED) is 0.0995. The first-order valence-corrected chi connectivity index (χ1v) is 16.7. The van der Waals surface area contributed by atoms with Crippen LogP contribution >= 0.6 is 23.5 Å². The molecule has 1 fully saturated rings. The van der Waals surface area contributed by atoms with Gasteiger partial charge >= 0.3 is 6.03 Å². The van der Waals surface area contributed by atoms with Crippen LogP contribution in [0.15, 0.2) is 117 Å². The number of thioether (sulfide) groups is 2. The van der Waals surface area contributed by atoms with E-state index in [2.05, 4.69) is 10.6 Å². The van der Waals surface area contributed by atoms with E-state index >= 15 is 0 Å². The lowest BCUT2D eigenvalue weighted by Gasteiger charge is -2.19. The van der Waals surface area contributed by atoms with E-state index in [1.54, 1.807) is 36.4 Å². The van der Waals surface area contributed by atoms with Gasteiger partial charge in [-0.1, -0.05) is 143 Å². The molecule has 4 aromatic carbocycles. The monoisotopic (exact) mass is 672 g/mol. The molecule has 0 radical (unpaired) electrons. The van der Waals surface area contributed by atoms with Crippen molar-refractivity contribution in [1.29, 1.82) is 0 Å². The number of Topliss-reactive ketones (excluding diaryl/α,β-unsaturated/α-hetero) is 2. The van der Waals surface area contributed by atoms with Gasteiger partial charge in [-0.15, -0.1) is 0 Å². The highest BCUT2D eigenvalue weighted by molar-refractivity contribution is 8.26. The van der Waals surface area contributed by atoms with E-state index in [4.69, 9.17) is 0 Å². The van der Waals surface area contributed by atoms with Gasteiger partial charge in [-0.25, -0.2) is 4.79 Å². The molecule has 0 aliphatic carbocycles. The standard InChI is InChI=1S/C39H32N2O5S2/c1-23-5-13-27(14-6-23)21-31(34(42)29-17-9-25(3)10-18-29)47-38(33-36(44)40-39(46)41-37(33)45)48-32(22-28-15-7-24(2)8-16-28)35(43)30-19-11-26(4)12-20-30/h5-22H,1-4H3,(H2,40,41,44,45,46)/b31-21+,32-22+. The number of allylic oxidation sites excluding steroid dienone is 2. The molecule has 48 heavy (non-hydrogen) atoms. The van der Waals surface area contributed by atoms with E-state index in [1.165, 1.54) is 0 Å². The van der Waals surface area contributed by atoms with Crippen molar-refractivity contribution in [2.45, 2.75) is 27.7 Å². The van der Waals surface area contributed by atoms with Crippen LogP contribution < -0.4 is 10.6 Å². The number of hydrogen-bond acceptors (Lipinski definition) is 7. The Morgan fingerprint density at radius 2 is 0.812 bits per heavy atom. The first kappa shape index (κ1) is 34.1.